The average molecular weight is 1060 g/mol. The van der Waals surface area contributed by atoms with Crippen molar-refractivity contribution >= 4 is 47.4 Å². The molecule has 0 aliphatic carbocycles. The number of guanidine groups is 2. The van der Waals surface area contributed by atoms with Crippen LogP contribution in [0.25, 0.3) is 0 Å². The van der Waals surface area contributed by atoms with Crippen LogP contribution in [0.1, 0.15) is 24.0 Å². The van der Waals surface area contributed by atoms with Gasteiger partial charge < -0.3 is 96.7 Å². The van der Waals surface area contributed by atoms with Crippen LogP contribution < -0.4 is 36.6 Å². The van der Waals surface area contributed by atoms with E-state index in [1.807, 2.05) is 0 Å². The first-order chi connectivity index (χ1) is 35.7. The number of hydrogen-bond donors (Lipinski definition) is 13. The van der Waals surface area contributed by atoms with Crippen molar-refractivity contribution in [1.29, 1.82) is 0 Å². The van der Waals surface area contributed by atoms with E-state index in [2.05, 4.69) is 41.9 Å². The van der Waals surface area contributed by atoms with Crippen molar-refractivity contribution in [2.24, 2.45) is 9.98 Å². The summed E-state index contributed by atoms with van der Waals surface area (Å²) in [7, 11) is 9.11. The van der Waals surface area contributed by atoms with Crippen LogP contribution in [0.2, 0.25) is 0 Å². The summed E-state index contributed by atoms with van der Waals surface area (Å²) in [6.07, 6.45) is -12.9. The molecule has 0 bridgehead atoms. The number of aliphatic hydroxyl groups is 7. The van der Waals surface area contributed by atoms with Crippen molar-refractivity contribution in [2.45, 2.75) is 104 Å². The minimum absolute atomic E-state index is 0.00823. The summed E-state index contributed by atoms with van der Waals surface area (Å²) in [4.78, 5) is 101. The molecule has 4 aliphatic rings. The lowest BCUT2D eigenvalue weighted by Gasteiger charge is -2.46. The van der Waals surface area contributed by atoms with Crippen LogP contribution in [0.3, 0.4) is 0 Å². The first kappa shape index (κ1) is 57.6. The summed E-state index contributed by atoms with van der Waals surface area (Å²) < 4.78 is 11.2. The number of nitrogens with zero attached hydrogens (tertiary/aromatic N) is 6. The van der Waals surface area contributed by atoms with Gasteiger partial charge in [0.15, 0.2) is 18.1 Å². The minimum Gasteiger partial charge on any atom is -0.497 e. The van der Waals surface area contributed by atoms with Gasteiger partial charge in [0.1, 0.15) is 72.6 Å². The van der Waals surface area contributed by atoms with Crippen molar-refractivity contribution in [3.63, 3.8) is 0 Å². The van der Waals surface area contributed by atoms with Gasteiger partial charge in [0.05, 0.1) is 39.0 Å². The van der Waals surface area contributed by atoms with E-state index in [-0.39, 0.29) is 25.5 Å². The van der Waals surface area contributed by atoms with Crippen LogP contribution in [0.5, 0.6) is 5.75 Å². The molecule has 4 heterocycles. The number of amides is 6. The average Bonchev–Trinajstić information content (AvgIpc) is 3.90. The number of carbonyl (C=O) groups excluding carboxylic acids is 6. The Morgan fingerprint density at radius 1 is 0.667 bits per heavy atom. The summed E-state index contributed by atoms with van der Waals surface area (Å²) in [5.41, 5.74) is 1.11. The van der Waals surface area contributed by atoms with Crippen molar-refractivity contribution in [3.05, 3.63) is 65.7 Å². The molecule has 27 nitrogen and oxygen atoms in total. The second-order valence-corrected chi connectivity index (χ2v) is 19.0. The van der Waals surface area contributed by atoms with E-state index >= 15 is 4.79 Å². The van der Waals surface area contributed by atoms with Gasteiger partial charge in [0.2, 0.25) is 35.4 Å². The molecule has 412 valence electrons. The number of hydrogen-bond acceptors (Lipinski definition) is 17. The Morgan fingerprint density at radius 2 is 1.23 bits per heavy atom. The zero-order valence-electron chi connectivity index (χ0n) is 42.7. The predicted molar refractivity (Wildman–Crippen MR) is 266 cm³/mol. The highest BCUT2D eigenvalue weighted by Crippen LogP contribution is 2.31. The van der Waals surface area contributed by atoms with Gasteiger partial charge in [-0.3, -0.25) is 38.8 Å². The molecule has 27 heteroatoms. The SMILES string of the molecule is C/N=C1/N(C)CC(C(O)C2NC(=O)C(Cc3ccc(OC)cc3)NC(=O)C(C(C)c3ccccc3)NC(=O)CNC(=O)C(CO)NC(=O)C(C(O)C3CN(C)/C(=N/C)N3C3OC(CO)C(O)C(O)C3O)NC2=O)N1C. The number of aliphatic hydroxyl groups excluding tert-OH is 7. The number of aliphatic imine (C=N–C) groups is 2. The first-order valence-corrected chi connectivity index (χ1v) is 24.3. The lowest BCUT2D eigenvalue weighted by Crippen LogP contribution is -2.69. The highest BCUT2D eigenvalue weighted by Gasteiger charge is 2.54. The largest absolute Gasteiger partial charge is 0.497 e. The van der Waals surface area contributed by atoms with Gasteiger partial charge in [0.25, 0.3) is 0 Å². The third kappa shape index (κ3) is 12.7. The number of benzene rings is 2. The van der Waals surface area contributed by atoms with Crippen molar-refractivity contribution in [1.82, 2.24) is 51.5 Å². The Bertz CT molecular complexity index is 2400. The van der Waals surface area contributed by atoms with Gasteiger partial charge in [-0.15, -0.1) is 0 Å². The normalized spacial score (nSPS) is 32.1. The number of carbonyl (C=O) groups is 6. The summed E-state index contributed by atoms with van der Waals surface area (Å²) in [5.74, 6) is -6.32. The van der Waals surface area contributed by atoms with Crippen LogP contribution in [0, 0.1) is 0 Å². The van der Waals surface area contributed by atoms with E-state index in [0.29, 0.717) is 22.8 Å². The Balaban J connectivity index is 1.47. The molecule has 15 atom stereocenters. The van der Waals surface area contributed by atoms with E-state index in [4.69, 9.17) is 9.47 Å². The van der Waals surface area contributed by atoms with E-state index in [0.717, 1.165) is 0 Å². The zero-order valence-corrected chi connectivity index (χ0v) is 42.7. The molecule has 0 radical (unpaired) electrons. The molecule has 2 aromatic rings. The maximum atomic E-state index is 15.2. The van der Waals surface area contributed by atoms with E-state index in [1.165, 1.54) is 38.1 Å². The minimum atomic E-state index is -2.19. The van der Waals surface area contributed by atoms with Crippen LogP contribution in [0.15, 0.2) is 64.6 Å². The summed E-state index contributed by atoms with van der Waals surface area (Å²) in [5, 5.41) is 93.3. The number of methoxy groups -OCH3 is 1. The topological polar surface area (TPSA) is 372 Å². The predicted octanol–water partition coefficient (Wildman–Crippen LogP) is -7.06. The van der Waals surface area contributed by atoms with Gasteiger partial charge >= 0.3 is 0 Å². The quantitative estimate of drug-likeness (QED) is 0.0939. The monoisotopic (exact) mass is 1050 g/mol. The van der Waals surface area contributed by atoms with Crippen LogP contribution in [0.4, 0.5) is 0 Å². The molecule has 0 spiro atoms. The van der Waals surface area contributed by atoms with Crippen molar-refractivity contribution in [2.75, 3.05) is 75.2 Å². The van der Waals surface area contributed by atoms with Crippen LogP contribution in [-0.4, -0.2) is 263 Å². The van der Waals surface area contributed by atoms with Crippen LogP contribution >= 0.6 is 0 Å². The second-order valence-electron chi connectivity index (χ2n) is 19.0. The molecule has 4 aliphatic heterocycles. The second kappa shape index (κ2) is 25.2. The summed E-state index contributed by atoms with van der Waals surface area (Å²) >= 11 is 0. The number of rotatable bonds is 12. The highest BCUT2D eigenvalue weighted by atomic mass is 16.6. The van der Waals surface area contributed by atoms with Gasteiger partial charge in [-0.2, -0.15) is 0 Å². The molecule has 75 heavy (non-hydrogen) atoms. The Kier molecular flexibility index (Phi) is 19.3. The molecule has 4 saturated heterocycles. The molecule has 6 amide bonds. The maximum absolute atomic E-state index is 15.2. The summed E-state index contributed by atoms with van der Waals surface area (Å²) in [6.45, 7) is -1.22. The molecular formula is C48H70N12O15. The van der Waals surface area contributed by atoms with Crippen LogP contribution in [-0.2, 0) is 39.9 Å². The van der Waals surface area contributed by atoms with E-state index in [9.17, 15) is 59.7 Å². The van der Waals surface area contributed by atoms with Crippen molar-refractivity contribution in [3.8, 4) is 5.75 Å². The molecule has 2 aromatic carbocycles. The fraction of sp³-hybridized carbons (Fsp3) is 0.583. The highest BCUT2D eigenvalue weighted by molar-refractivity contribution is 5.98. The third-order valence-corrected chi connectivity index (χ3v) is 14.1. The van der Waals surface area contributed by atoms with Gasteiger partial charge in [-0.1, -0.05) is 49.4 Å². The van der Waals surface area contributed by atoms with Crippen molar-refractivity contribution < 1.29 is 74.0 Å². The number of likely N-dealkylation sites (N-methyl/N-ethyl adjacent to an activating group) is 3. The molecule has 0 saturated carbocycles. The van der Waals surface area contributed by atoms with Gasteiger partial charge in [0, 0.05) is 60.7 Å². The molecule has 13 N–H and O–H groups in total. The Morgan fingerprint density at radius 3 is 1.81 bits per heavy atom. The number of nitrogens with one attached hydrogen (secondary N) is 6. The molecule has 0 aromatic heterocycles. The zero-order chi connectivity index (χ0) is 55.0. The van der Waals surface area contributed by atoms with Gasteiger partial charge in [-0.25, -0.2) is 0 Å². The number of ether oxygens (including phenoxy) is 2. The Labute approximate surface area is 432 Å². The fourth-order valence-corrected chi connectivity index (χ4v) is 9.90. The molecule has 15 unspecified atom stereocenters. The summed E-state index contributed by atoms with van der Waals surface area (Å²) in [6, 6.07) is 3.73. The molecule has 6 rings (SSSR count). The lowest BCUT2D eigenvalue weighted by atomic mass is 9.92. The van der Waals surface area contributed by atoms with E-state index < -0.39 is 146 Å². The lowest BCUT2D eigenvalue weighted by molar-refractivity contribution is -0.260. The maximum Gasteiger partial charge on any atom is 0.246 e. The molecule has 4 fully saturated rings. The fourth-order valence-electron chi connectivity index (χ4n) is 9.90. The first-order valence-electron chi connectivity index (χ1n) is 24.3. The van der Waals surface area contributed by atoms with Gasteiger partial charge in [-0.05, 0) is 23.3 Å². The third-order valence-electron chi connectivity index (χ3n) is 14.1. The molecular weight excluding hydrogens is 985 g/mol. The van der Waals surface area contributed by atoms with E-state index in [1.54, 1.807) is 85.4 Å². The Hall–Kier alpha value is -6.72. The standard InChI is InChI=1S/C48H70N12O15/c1-23(25-11-9-8-10-12-25)33-43(71)52-27(17-24-13-15-26(74-7)16-14-24)42(70)55-34(36(64)29-19-57(4)47(49-2)59(29)6)45(73)56-35(44(72)53-28(21-61)41(69)51-18-32(63)54-33)37(65)30-20-58(5)48(50-3)60(30)46-40(68)39(67)38(66)31(22-62)75-46/h8-16,23,27-31,33-40,46,61-62,64-68H,17-22H2,1-7H3,(H,51,69)(H,52,71)(H,53,72)(H,54,63)(H,55,70)(H,56,73)/b49-47-,50-48-. The smallest absolute Gasteiger partial charge is 0.246 e.